The van der Waals surface area contributed by atoms with Crippen LogP contribution in [0.15, 0.2) is 51.8 Å². The normalized spacial score (nSPS) is 16.8. The summed E-state index contributed by atoms with van der Waals surface area (Å²) in [6, 6.07) is 12.9. The molecule has 0 N–H and O–H groups in total. The third kappa shape index (κ3) is 4.06. The summed E-state index contributed by atoms with van der Waals surface area (Å²) < 4.78 is 29.2. The van der Waals surface area contributed by atoms with E-state index >= 15 is 0 Å². The zero-order valence-corrected chi connectivity index (χ0v) is 18.3. The van der Waals surface area contributed by atoms with Gasteiger partial charge in [-0.25, -0.2) is 13.4 Å². The summed E-state index contributed by atoms with van der Waals surface area (Å²) in [7, 11) is -3.59. The van der Waals surface area contributed by atoms with E-state index in [2.05, 4.69) is 31.9 Å². The molecule has 5 nitrogen and oxygen atoms in total. The Kier molecular flexibility index (Phi) is 5.55. The van der Waals surface area contributed by atoms with Gasteiger partial charge >= 0.3 is 0 Å². The molecule has 1 aliphatic rings. The van der Waals surface area contributed by atoms with Crippen molar-refractivity contribution in [3.05, 3.63) is 57.0 Å². The monoisotopic (exact) mass is 485 g/mol. The summed E-state index contributed by atoms with van der Waals surface area (Å²) in [5, 5.41) is 1.30. The van der Waals surface area contributed by atoms with Crippen LogP contribution in [0.4, 0.5) is 0 Å². The van der Waals surface area contributed by atoms with Gasteiger partial charge in [-0.05, 0) is 30.3 Å². The topological polar surface area (TPSA) is 53.5 Å². The number of rotatable bonds is 4. The molecule has 1 aliphatic heterocycles. The second kappa shape index (κ2) is 7.77. The molecule has 3 aromatic rings. The quantitative estimate of drug-likeness (QED) is 0.554. The maximum Gasteiger partial charge on any atom is 0.244 e. The lowest BCUT2D eigenvalue weighted by Gasteiger charge is -2.33. The molecule has 142 valence electrons. The number of piperazine rings is 1. The van der Waals surface area contributed by atoms with Crippen molar-refractivity contribution >= 4 is 59.1 Å². The van der Waals surface area contributed by atoms with Crippen molar-refractivity contribution in [2.45, 2.75) is 11.4 Å². The highest BCUT2D eigenvalue weighted by Gasteiger charge is 2.30. The summed E-state index contributed by atoms with van der Waals surface area (Å²) in [5.41, 5.74) is 1.02. The molecule has 2 heterocycles. The van der Waals surface area contributed by atoms with E-state index in [1.165, 1.54) is 9.01 Å². The molecule has 0 saturated carbocycles. The summed E-state index contributed by atoms with van der Waals surface area (Å²) in [4.78, 5) is 7.07. The Morgan fingerprint density at radius 1 is 1.11 bits per heavy atom. The lowest BCUT2D eigenvalue weighted by Crippen LogP contribution is -2.48. The third-order valence-electron chi connectivity index (χ3n) is 4.54. The van der Waals surface area contributed by atoms with Crippen LogP contribution >= 0.6 is 38.9 Å². The molecule has 9 heteroatoms. The fraction of sp³-hybridized carbons (Fsp3) is 0.278. The van der Waals surface area contributed by atoms with Gasteiger partial charge in [0.05, 0.1) is 21.8 Å². The molecule has 0 radical (unpaired) electrons. The van der Waals surface area contributed by atoms with Gasteiger partial charge in [0.2, 0.25) is 10.0 Å². The minimum atomic E-state index is -3.59. The van der Waals surface area contributed by atoms with Crippen LogP contribution in [0.5, 0.6) is 0 Å². The summed E-state index contributed by atoms with van der Waals surface area (Å²) in [6.45, 7) is 2.97. The number of aromatic nitrogens is 1. The van der Waals surface area contributed by atoms with Gasteiger partial charge in [0.15, 0.2) is 0 Å². The lowest BCUT2D eigenvalue weighted by atomic mass is 10.3. The van der Waals surface area contributed by atoms with Gasteiger partial charge in [-0.3, -0.25) is 4.90 Å². The third-order valence-corrected chi connectivity index (χ3v) is 8.44. The molecule has 0 spiro atoms. The summed E-state index contributed by atoms with van der Waals surface area (Å²) in [5.74, 6) is 0. The summed E-state index contributed by atoms with van der Waals surface area (Å²) in [6.07, 6.45) is 0. The molecule has 2 aromatic carbocycles. The Morgan fingerprint density at radius 3 is 2.56 bits per heavy atom. The average Bonchev–Trinajstić information content (AvgIpc) is 3.04. The maximum absolute atomic E-state index is 12.9. The van der Waals surface area contributed by atoms with E-state index in [-0.39, 0.29) is 9.92 Å². The van der Waals surface area contributed by atoms with Crippen molar-refractivity contribution in [1.29, 1.82) is 0 Å². The lowest BCUT2D eigenvalue weighted by molar-refractivity contribution is 0.181. The molecular weight excluding hydrogens is 470 g/mol. The second-order valence-corrected chi connectivity index (χ2v) is 10.7. The Balaban J connectivity index is 1.43. The van der Waals surface area contributed by atoms with Crippen molar-refractivity contribution in [3.63, 3.8) is 0 Å². The highest BCUT2D eigenvalue weighted by molar-refractivity contribution is 9.10. The number of nitrogens with zero attached hydrogens (tertiary/aromatic N) is 3. The van der Waals surface area contributed by atoms with Gasteiger partial charge in [0, 0.05) is 30.7 Å². The van der Waals surface area contributed by atoms with E-state index in [0.717, 1.165) is 21.5 Å². The van der Waals surface area contributed by atoms with Gasteiger partial charge in [0.1, 0.15) is 9.90 Å². The first-order chi connectivity index (χ1) is 12.9. The number of hydrogen-bond donors (Lipinski definition) is 0. The SMILES string of the molecule is O=S(=O)(c1ccc(Br)cc1Cl)N1CCN(Cc2nc3ccccc3s2)CC1. The van der Waals surface area contributed by atoms with E-state index < -0.39 is 10.0 Å². The summed E-state index contributed by atoms with van der Waals surface area (Å²) >= 11 is 11.2. The van der Waals surface area contributed by atoms with Crippen LogP contribution in [0, 0.1) is 0 Å². The Morgan fingerprint density at radius 2 is 1.85 bits per heavy atom. The number of fused-ring (bicyclic) bond motifs is 1. The molecule has 27 heavy (non-hydrogen) atoms. The number of para-hydroxylation sites is 1. The number of halogens is 2. The second-order valence-electron chi connectivity index (χ2n) is 6.33. The minimum Gasteiger partial charge on any atom is -0.294 e. The van der Waals surface area contributed by atoms with Gasteiger partial charge < -0.3 is 0 Å². The van der Waals surface area contributed by atoms with E-state index in [4.69, 9.17) is 11.6 Å². The van der Waals surface area contributed by atoms with E-state index in [1.807, 2.05) is 18.2 Å². The Labute approximate surface area is 175 Å². The zero-order valence-electron chi connectivity index (χ0n) is 14.3. The smallest absolute Gasteiger partial charge is 0.244 e. The van der Waals surface area contributed by atoms with Crippen LogP contribution in [0.2, 0.25) is 5.02 Å². The fourth-order valence-corrected chi connectivity index (χ4v) is 6.57. The van der Waals surface area contributed by atoms with Crippen LogP contribution in [-0.2, 0) is 16.6 Å². The largest absolute Gasteiger partial charge is 0.294 e. The Hall–Kier alpha value is -1.03. The number of hydrogen-bond acceptors (Lipinski definition) is 5. The highest BCUT2D eigenvalue weighted by atomic mass is 79.9. The van der Waals surface area contributed by atoms with Crippen LogP contribution in [0.25, 0.3) is 10.2 Å². The van der Waals surface area contributed by atoms with Crippen LogP contribution in [-0.4, -0.2) is 48.8 Å². The van der Waals surface area contributed by atoms with Gasteiger partial charge in [-0.15, -0.1) is 11.3 Å². The molecule has 0 atom stereocenters. The number of benzene rings is 2. The molecule has 4 rings (SSSR count). The first-order valence-electron chi connectivity index (χ1n) is 8.45. The molecule has 1 saturated heterocycles. The molecule has 0 bridgehead atoms. The predicted molar refractivity (Wildman–Crippen MR) is 113 cm³/mol. The van der Waals surface area contributed by atoms with E-state index in [9.17, 15) is 8.42 Å². The number of sulfonamides is 1. The predicted octanol–water partition coefficient (Wildman–Crippen LogP) is 4.22. The van der Waals surface area contributed by atoms with E-state index in [0.29, 0.717) is 26.2 Å². The molecule has 0 amide bonds. The standard InChI is InChI=1S/C18H17BrClN3O2S2/c19-13-5-6-17(14(20)11-13)27(24,25)23-9-7-22(8-10-23)12-18-21-15-3-1-2-4-16(15)26-18/h1-6,11H,7-10,12H2. The van der Waals surface area contributed by atoms with Crippen LogP contribution < -0.4 is 0 Å². The number of thiazole rings is 1. The van der Waals surface area contributed by atoms with Gasteiger partial charge in [-0.1, -0.05) is 39.7 Å². The van der Waals surface area contributed by atoms with Crippen molar-refractivity contribution in [1.82, 2.24) is 14.2 Å². The molecule has 0 unspecified atom stereocenters. The molecule has 1 fully saturated rings. The highest BCUT2D eigenvalue weighted by Crippen LogP contribution is 2.29. The van der Waals surface area contributed by atoms with Crippen LogP contribution in [0.3, 0.4) is 0 Å². The van der Waals surface area contributed by atoms with Crippen molar-refractivity contribution in [2.75, 3.05) is 26.2 Å². The molecule has 0 aliphatic carbocycles. The van der Waals surface area contributed by atoms with Crippen molar-refractivity contribution in [3.8, 4) is 0 Å². The minimum absolute atomic E-state index is 0.159. The first-order valence-corrected chi connectivity index (χ1v) is 11.9. The van der Waals surface area contributed by atoms with E-state index in [1.54, 1.807) is 29.5 Å². The maximum atomic E-state index is 12.9. The average molecular weight is 487 g/mol. The van der Waals surface area contributed by atoms with Gasteiger partial charge in [-0.2, -0.15) is 4.31 Å². The zero-order chi connectivity index (χ0) is 19.0. The van der Waals surface area contributed by atoms with Crippen molar-refractivity contribution < 1.29 is 8.42 Å². The Bertz CT molecular complexity index is 1050. The molecule has 1 aromatic heterocycles. The van der Waals surface area contributed by atoms with Gasteiger partial charge in [0.25, 0.3) is 0 Å². The van der Waals surface area contributed by atoms with Crippen LogP contribution in [0.1, 0.15) is 5.01 Å². The molecular formula is C18H17BrClN3O2S2. The fourth-order valence-electron chi connectivity index (χ4n) is 3.13. The first kappa shape index (κ1) is 19.3. The van der Waals surface area contributed by atoms with Crippen molar-refractivity contribution in [2.24, 2.45) is 0 Å².